The maximum Gasteiger partial charge on any atom is 0.325 e. The van der Waals surface area contributed by atoms with E-state index in [4.69, 9.17) is 9.47 Å². The molecule has 0 radical (unpaired) electrons. The van der Waals surface area contributed by atoms with Crippen molar-refractivity contribution in [2.75, 3.05) is 26.3 Å². The van der Waals surface area contributed by atoms with Crippen LogP contribution in [-0.4, -0.2) is 42.3 Å². The zero-order valence-corrected chi connectivity index (χ0v) is 12.6. The molecule has 1 aromatic rings. The number of hydrogen-bond acceptors (Lipinski definition) is 4. The molecule has 1 atom stereocenters. The summed E-state index contributed by atoms with van der Waals surface area (Å²) >= 11 is 3.44. The molecule has 0 spiro atoms. The Morgan fingerprint density at radius 3 is 2.65 bits per heavy atom. The number of likely N-dealkylation sites (tertiary alicyclic amines) is 1. The van der Waals surface area contributed by atoms with Gasteiger partial charge in [-0.2, -0.15) is 0 Å². The minimum Gasteiger partial charge on any atom is -0.486 e. The molecule has 108 valence electrons. The Balaban J connectivity index is 1.98. The number of rotatable bonds is 3. The van der Waals surface area contributed by atoms with Crippen LogP contribution in [0.15, 0.2) is 16.6 Å². The van der Waals surface area contributed by atoms with Crippen molar-refractivity contribution in [3.63, 3.8) is 0 Å². The Hall–Kier alpha value is -1.27. The highest BCUT2D eigenvalue weighted by Crippen LogP contribution is 2.41. The van der Waals surface area contributed by atoms with Gasteiger partial charge in [-0.05, 0) is 59.6 Å². The Morgan fingerprint density at radius 2 is 1.95 bits per heavy atom. The average molecular weight is 342 g/mol. The molecule has 1 unspecified atom stereocenters. The monoisotopic (exact) mass is 341 g/mol. The third kappa shape index (κ3) is 2.50. The summed E-state index contributed by atoms with van der Waals surface area (Å²) in [6, 6.07) is 2.99. The third-order valence-electron chi connectivity index (χ3n) is 3.67. The van der Waals surface area contributed by atoms with Gasteiger partial charge in [0.15, 0.2) is 11.5 Å². The highest BCUT2D eigenvalue weighted by atomic mass is 79.9. The second kappa shape index (κ2) is 5.61. The van der Waals surface area contributed by atoms with Crippen molar-refractivity contribution in [2.24, 2.45) is 0 Å². The number of carboxylic acid groups (broad SMARTS) is 1. The number of aliphatic carboxylic acids is 1. The van der Waals surface area contributed by atoms with E-state index in [1.165, 1.54) is 0 Å². The Bertz CT molecular complexity index is 528. The summed E-state index contributed by atoms with van der Waals surface area (Å²) in [6.07, 6.45) is 2.10. The van der Waals surface area contributed by atoms with Crippen molar-refractivity contribution < 1.29 is 19.4 Å². The molecule has 0 amide bonds. The van der Waals surface area contributed by atoms with Crippen molar-refractivity contribution in [1.29, 1.82) is 0 Å². The van der Waals surface area contributed by atoms with Gasteiger partial charge in [0.1, 0.15) is 19.3 Å². The van der Waals surface area contributed by atoms with Crippen LogP contribution in [0.2, 0.25) is 0 Å². The number of halogens is 1. The van der Waals surface area contributed by atoms with Crippen LogP contribution in [0.4, 0.5) is 0 Å². The predicted octanol–water partition coefficient (Wildman–Crippen LogP) is 2.44. The lowest BCUT2D eigenvalue weighted by atomic mass is 10.0. The van der Waals surface area contributed by atoms with E-state index in [2.05, 4.69) is 15.9 Å². The summed E-state index contributed by atoms with van der Waals surface area (Å²) in [5.41, 5.74) is 0.732. The number of benzene rings is 1. The molecule has 2 heterocycles. The highest BCUT2D eigenvalue weighted by molar-refractivity contribution is 9.10. The van der Waals surface area contributed by atoms with Gasteiger partial charge >= 0.3 is 5.97 Å². The van der Waals surface area contributed by atoms with Crippen molar-refractivity contribution in [3.05, 3.63) is 22.2 Å². The Kier molecular flexibility index (Phi) is 3.85. The zero-order chi connectivity index (χ0) is 14.1. The Labute approximate surface area is 125 Å². The first kappa shape index (κ1) is 13.7. The summed E-state index contributed by atoms with van der Waals surface area (Å²) in [4.78, 5) is 13.6. The SMILES string of the molecule is O=C(O)C(c1cc(Br)c2c(c1)OCCO2)N1CCCC1. The minimum absolute atomic E-state index is 0.490. The molecule has 2 aliphatic heterocycles. The second-order valence-corrected chi connectivity index (χ2v) is 5.87. The summed E-state index contributed by atoms with van der Waals surface area (Å²) in [5.74, 6) is 0.451. The lowest BCUT2D eigenvalue weighted by Gasteiger charge is -2.26. The van der Waals surface area contributed by atoms with Gasteiger partial charge in [-0.3, -0.25) is 9.69 Å². The molecule has 20 heavy (non-hydrogen) atoms. The number of nitrogens with zero attached hydrogens (tertiary/aromatic N) is 1. The van der Waals surface area contributed by atoms with E-state index in [1.807, 2.05) is 11.0 Å². The first-order chi connectivity index (χ1) is 9.66. The highest BCUT2D eigenvalue weighted by Gasteiger charge is 2.31. The fourth-order valence-corrected chi connectivity index (χ4v) is 3.37. The number of carboxylic acids is 1. The molecule has 0 bridgehead atoms. The molecule has 1 fully saturated rings. The van der Waals surface area contributed by atoms with Crippen LogP contribution in [0, 0.1) is 0 Å². The van der Waals surface area contributed by atoms with Gasteiger partial charge in [-0.1, -0.05) is 0 Å². The van der Waals surface area contributed by atoms with Crippen LogP contribution in [-0.2, 0) is 4.79 Å². The number of ether oxygens (including phenoxy) is 2. The topological polar surface area (TPSA) is 59.0 Å². The summed E-state index contributed by atoms with van der Waals surface area (Å²) < 4.78 is 11.9. The van der Waals surface area contributed by atoms with Crippen molar-refractivity contribution in [2.45, 2.75) is 18.9 Å². The van der Waals surface area contributed by atoms with E-state index in [-0.39, 0.29) is 0 Å². The Morgan fingerprint density at radius 1 is 1.25 bits per heavy atom. The maximum atomic E-state index is 11.6. The molecular weight excluding hydrogens is 326 g/mol. The quantitative estimate of drug-likeness (QED) is 0.914. The normalized spacial score (nSPS) is 19.9. The van der Waals surface area contributed by atoms with Crippen molar-refractivity contribution >= 4 is 21.9 Å². The van der Waals surface area contributed by atoms with E-state index in [1.54, 1.807) is 6.07 Å². The van der Waals surface area contributed by atoms with Crippen LogP contribution in [0.5, 0.6) is 11.5 Å². The van der Waals surface area contributed by atoms with Crippen LogP contribution in [0.25, 0.3) is 0 Å². The first-order valence-electron chi connectivity index (χ1n) is 6.73. The molecule has 6 heteroatoms. The number of hydrogen-bond donors (Lipinski definition) is 1. The smallest absolute Gasteiger partial charge is 0.325 e. The minimum atomic E-state index is -0.824. The molecule has 0 aromatic heterocycles. The molecule has 1 saturated heterocycles. The molecule has 2 aliphatic rings. The molecule has 0 saturated carbocycles. The fourth-order valence-electron chi connectivity index (χ4n) is 2.80. The van der Waals surface area contributed by atoms with Crippen LogP contribution < -0.4 is 9.47 Å². The van der Waals surface area contributed by atoms with Crippen molar-refractivity contribution in [1.82, 2.24) is 4.90 Å². The first-order valence-corrected chi connectivity index (χ1v) is 7.52. The molecule has 1 N–H and O–H groups in total. The molecule has 5 nitrogen and oxygen atoms in total. The van der Waals surface area contributed by atoms with Gasteiger partial charge in [0, 0.05) is 0 Å². The van der Waals surface area contributed by atoms with E-state index in [0.29, 0.717) is 24.7 Å². The van der Waals surface area contributed by atoms with Gasteiger partial charge in [0.05, 0.1) is 4.47 Å². The summed E-state index contributed by atoms with van der Waals surface area (Å²) in [5, 5.41) is 9.55. The molecule has 0 aliphatic carbocycles. The molecule has 1 aromatic carbocycles. The zero-order valence-electron chi connectivity index (χ0n) is 11.0. The molecular formula is C14H16BrNO4. The predicted molar refractivity (Wildman–Crippen MR) is 76.3 cm³/mol. The largest absolute Gasteiger partial charge is 0.486 e. The van der Waals surface area contributed by atoms with Crippen LogP contribution in [0.3, 0.4) is 0 Å². The average Bonchev–Trinajstić information content (AvgIpc) is 2.92. The maximum absolute atomic E-state index is 11.6. The summed E-state index contributed by atoms with van der Waals surface area (Å²) in [6.45, 7) is 2.65. The van der Waals surface area contributed by atoms with Crippen LogP contribution in [0.1, 0.15) is 24.4 Å². The molecule has 3 rings (SSSR count). The number of fused-ring (bicyclic) bond motifs is 1. The summed E-state index contributed by atoms with van der Waals surface area (Å²) in [7, 11) is 0. The van der Waals surface area contributed by atoms with E-state index < -0.39 is 12.0 Å². The lowest BCUT2D eigenvalue weighted by molar-refractivity contribution is -0.143. The van der Waals surface area contributed by atoms with Gasteiger partial charge in [-0.25, -0.2) is 0 Å². The second-order valence-electron chi connectivity index (χ2n) is 5.01. The van der Waals surface area contributed by atoms with Gasteiger partial charge in [0.25, 0.3) is 0 Å². The van der Waals surface area contributed by atoms with Gasteiger partial charge < -0.3 is 14.6 Å². The number of carbonyl (C=O) groups is 1. The standard InChI is InChI=1S/C14H16BrNO4/c15-10-7-9(8-11-13(10)20-6-5-19-11)12(14(17)18)16-3-1-2-4-16/h7-8,12H,1-6H2,(H,17,18). The van der Waals surface area contributed by atoms with Crippen molar-refractivity contribution in [3.8, 4) is 11.5 Å². The van der Waals surface area contributed by atoms with E-state index >= 15 is 0 Å². The van der Waals surface area contributed by atoms with Crippen LogP contribution >= 0.6 is 15.9 Å². The fraction of sp³-hybridized carbons (Fsp3) is 0.500. The van der Waals surface area contributed by atoms with E-state index in [9.17, 15) is 9.90 Å². The van der Waals surface area contributed by atoms with Gasteiger partial charge in [-0.15, -0.1) is 0 Å². The lowest BCUT2D eigenvalue weighted by Crippen LogP contribution is -2.31. The van der Waals surface area contributed by atoms with E-state index in [0.717, 1.165) is 36.0 Å². The third-order valence-corrected chi connectivity index (χ3v) is 4.26. The van der Waals surface area contributed by atoms with Gasteiger partial charge in [0.2, 0.25) is 0 Å².